The largest absolute Gasteiger partial charge is 0.378 e. The van der Waals surface area contributed by atoms with Gasteiger partial charge in [0, 0.05) is 34.7 Å². The molecule has 0 radical (unpaired) electrons. The molecule has 0 atom stereocenters. The van der Waals surface area contributed by atoms with Gasteiger partial charge in [-0.1, -0.05) is 62.2 Å². The van der Waals surface area contributed by atoms with E-state index in [1.54, 1.807) is 32.3 Å². The second-order valence-corrected chi connectivity index (χ2v) is 8.13. The molecule has 166 valence electrons. The van der Waals surface area contributed by atoms with E-state index in [2.05, 4.69) is 65.3 Å². The molecule has 2 aromatic heterocycles. The molecule has 0 aliphatic carbocycles. The van der Waals surface area contributed by atoms with Crippen LogP contribution in [0.5, 0.6) is 0 Å². The van der Waals surface area contributed by atoms with Gasteiger partial charge >= 0.3 is 0 Å². The number of hydrogen-bond acceptors (Lipinski definition) is 3. The van der Waals surface area contributed by atoms with Gasteiger partial charge in [0.1, 0.15) is 17.0 Å². The van der Waals surface area contributed by atoms with Crippen LogP contribution in [0.15, 0.2) is 47.8 Å². The Morgan fingerprint density at radius 2 is 1.45 bits per heavy atom. The van der Waals surface area contributed by atoms with E-state index in [9.17, 15) is 5.11 Å². The van der Waals surface area contributed by atoms with E-state index >= 15 is 0 Å². The van der Waals surface area contributed by atoms with E-state index in [-0.39, 0.29) is 0 Å². The lowest BCUT2D eigenvalue weighted by Crippen LogP contribution is -2.14. The summed E-state index contributed by atoms with van der Waals surface area (Å²) in [6.07, 6.45) is 13.6. The Bertz CT molecular complexity index is 1190. The Morgan fingerprint density at radius 1 is 0.848 bits per heavy atom. The first-order valence-electron chi connectivity index (χ1n) is 11.2. The van der Waals surface area contributed by atoms with Crippen molar-refractivity contribution < 1.29 is 5.11 Å². The molecule has 3 heteroatoms. The fourth-order valence-electron chi connectivity index (χ4n) is 2.79. The number of unbranched alkanes of at least 4 members (excludes halogenated alkanes) is 1. The number of aliphatic hydroxyl groups is 1. The maximum absolute atomic E-state index is 9.74. The number of aromatic nitrogens is 2. The Hall–Kier alpha value is -3.76. The lowest BCUT2D eigenvalue weighted by atomic mass is 9.99. The molecule has 3 nitrogen and oxygen atoms in total. The molecule has 2 heterocycles. The minimum Gasteiger partial charge on any atom is -0.378 e. The highest BCUT2D eigenvalue weighted by atomic mass is 16.3. The first-order valence-corrected chi connectivity index (χ1v) is 11.2. The van der Waals surface area contributed by atoms with Crippen LogP contribution in [0.25, 0.3) is 0 Å². The second-order valence-electron chi connectivity index (χ2n) is 8.13. The van der Waals surface area contributed by atoms with Gasteiger partial charge < -0.3 is 5.11 Å². The Labute approximate surface area is 198 Å². The first-order chi connectivity index (χ1) is 15.8. The average molecular weight is 435 g/mol. The van der Waals surface area contributed by atoms with Gasteiger partial charge in [-0.25, -0.2) is 9.97 Å². The minimum atomic E-state index is -1.03. The van der Waals surface area contributed by atoms with Crippen LogP contribution >= 0.6 is 0 Å². The summed E-state index contributed by atoms with van der Waals surface area (Å²) in [5, 5.41) is 9.74. The summed E-state index contributed by atoms with van der Waals surface area (Å²) < 4.78 is 0. The van der Waals surface area contributed by atoms with Crippen molar-refractivity contribution in [1.29, 1.82) is 0 Å². The zero-order chi connectivity index (χ0) is 24.1. The molecular formula is C30H30N2O. The van der Waals surface area contributed by atoms with Gasteiger partial charge in [-0.15, -0.1) is 6.42 Å². The maximum atomic E-state index is 9.74. The van der Waals surface area contributed by atoms with Crippen molar-refractivity contribution in [2.75, 3.05) is 0 Å². The third-order valence-corrected chi connectivity index (χ3v) is 4.53. The van der Waals surface area contributed by atoms with Crippen LogP contribution in [-0.4, -0.2) is 20.7 Å². The fraction of sp³-hybridized carbons (Fsp3) is 0.333. The van der Waals surface area contributed by atoms with Gasteiger partial charge in [-0.05, 0) is 63.3 Å². The summed E-state index contributed by atoms with van der Waals surface area (Å²) in [4.78, 5) is 8.62. The molecule has 0 unspecified atom stereocenters. The van der Waals surface area contributed by atoms with Crippen molar-refractivity contribution in [3.05, 3.63) is 70.3 Å². The zero-order valence-corrected chi connectivity index (χ0v) is 19.9. The summed E-state index contributed by atoms with van der Waals surface area (Å²) in [5.41, 5.74) is 3.94. The number of hydrogen-bond donors (Lipinski definition) is 1. The molecular weight excluding hydrogens is 404 g/mol. The number of nitrogens with zero attached hydrogens (tertiary/aromatic N) is 2. The van der Waals surface area contributed by atoms with Crippen molar-refractivity contribution in [3.63, 3.8) is 0 Å². The van der Waals surface area contributed by atoms with Gasteiger partial charge in [0.25, 0.3) is 0 Å². The molecule has 33 heavy (non-hydrogen) atoms. The standard InChI is InChI=1S/C30H30N2O/c1-6-9-11-27(16-19-29-18-14-25(23-32-29)20-21-30(4,5)33)26(10-7-2)15-12-24-13-17-28(8-3)31-22-24/h3,13-14,17-18,22-23,33H,6-7,9-11H2,1-2,4-5H3. The van der Waals surface area contributed by atoms with Crippen LogP contribution in [0.2, 0.25) is 0 Å². The quantitative estimate of drug-likeness (QED) is 0.652. The lowest BCUT2D eigenvalue weighted by Gasteiger charge is -2.05. The molecule has 0 spiro atoms. The molecule has 0 saturated carbocycles. The Morgan fingerprint density at radius 3 is 2.00 bits per heavy atom. The molecule has 0 aromatic carbocycles. The normalized spacial score (nSPS) is 10.9. The topological polar surface area (TPSA) is 46.0 Å². The molecule has 2 rings (SSSR count). The number of pyridine rings is 2. The molecule has 2 aromatic rings. The van der Waals surface area contributed by atoms with E-state index in [1.165, 1.54) is 0 Å². The summed E-state index contributed by atoms with van der Waals surface area (Å²) in [7, 11) is 0. The summed E-state index contributed by atoms with van der Waals surface area (Å²) in [6.45, 7) is 7.61. The van der Waals surface area contributed by atoms with Gasteiger partial charge in [-0.2, -0.15) is 0 Å². The highest BCUT2D eigenvalue weighted by molar-refractivity contribution is 5.49. The van der Waals surface area contributed by atoms with Crippen LogP contribution in [0, 0.1) is 47.9 Å². The van der Waals surface area contributed by atoms with E-state index in [4.69, 9.17) is 6.42 Å². The second kappa shape index (κ2) is 12.9. The highest BCUT2D eigenvalue weighted by Crippen LogP contribution is 2.17. The van der Waals surface area contributed by atoms with Crippen LogP contribution in [-0.2, 0) is 0 Å². The van der Waals surface area contributed by atoms with Crippen molar-refractivity contribution in [3.8, 4) is 47.9 Å². The van der Waals surface area contributed by atoms with E-state index < -0.39 is 5.60 Å². The lowest BCUT2D eigenvalue weighted by molar-refractivity contribution is 0.143. The minimum absolute atomic E-state index is 0.601. The molecule has 0 saturated heterocycles. The number of terminal acetylenes is 1. The van der Waals surface area contributed by atoms with Gasteiger partial charge in [-0.3, -0.25) is 0 Å². The van der Waals surface area contributed by atoms with E-state index in [0.29, 0.717) is 11.4 Å². The molecule has 0 bridgehead atoms. The third kappa shape index (κ3) is 9.50. The van der Waals surface area contributed by atoms with Crippen molar-refractivity contribution in [2.45, 2.75) is 65.4 Å². The van der Waals surface area contributed by atoms with Gasteiger partial charge in [0.05, 0.1) is 0 Å². The maximum Gasteiger partial charge on any atom is 0.120 e. The van der Waals surface area contributed by atoms with Crippen molar-refractivity contribution in [2.24, 2.45) is 0 Å². The summed E-state index contributed by atoms with van der Waals surface area (Å²) in [6, 6.07) is 7.40. The Balaban J connectivity index is 2.35. The molecule has 0 aliphatic heterocycles. The monoisotopic (exact) mass is 434 g/mol. The third-order valence-electron chi connectivity index (χ3n) is 4.53. The predicted molar refractivity (Wildman–Crippen MR) is 135 cm³/mol. The molecule has 0 amide bonds. The van der Waals surface area contributed by atoms with E-state index in [0.717, 1.165) is 54.4 Å². The molecule has 0 aliphatic rings. The van der Waals surface area contributed by atoms with Crippen LogP contribution < -0.4 is 0 Å². The van der Waals surface area contributed by atoms with Crippen molar-refractivity contribution >= 4 is 0 Å². The summed E-state index contributed by atoms with van der Waals surface area (Å²) >= 11 is 0. The fourth-order valence-corrected chi connectivity index (χ4v) is 2.79. The highest BCUT2D eigenvalue weighted by Gasteiger charge is 2.06. The SMILES string of the molecule is C#Cc1ccc(C#CC(CCC)=C(C#Cc2ccc(C#CC(C)(C)O)cn2)CCCC)cn1. The summed E-state index contributed by atoms with van der Waals surface area (Å²) in [5.74, 6) is 21.3. The number of rotatable bonds is 5. The van der Waals surface area contributed by atoms with Crippen LogP contribution in [0.1, 0.15) is 82.3 Å². The molecule has 1 N–H and O–H groups in total. The van der Waals surface area contributed by atoms with Crippen molar-refractivity contribution in [1.82, 2.24) is 9.97 Å². The number of allylic oxidation sites excluding steroid dienone is 2. The van der Waals surface area contributed by atoms with E-state index in [1.807, 2.05) is 18.2 Å². The van der Waals surface area contributed by atoms with Crippen LogP contribution in [0.3, 0.4) is 0 Å². The van der Waals surface area contributed by atoms with Gasteiger partial charge in [0.2, 0.25) is 0 Å². The molecule has 0 fully saturated rings. The smallest absolute Gasteiger partial charge is 0.120 e. The zero-order valence-electron chi connectivity index (χ0n) is 19.9. The van der Waals surface area contributed by atoms with Gasteiger partial charge in [0.15, 0.2) is 0 Å². The average Bonchev–Trinajstić information content (AvgIpc) is 2.81. The van der Waals surface area contributed by atoms with Crippen LogP contribution in [0.4, 0.5) is 0 Å². The Kier molecular flexibility index (Phi) is 10.00. The first kappa shape index (κ1) is 25.5. The predicted octanol–water partition coefficient (Wildman–Crippen LogP) is 5.27.